The Morgan fingerprint density at radius 2 is 1.60 bits per heavy atom. The van der Waals surface area contributed by atoms with E-state index in [1.165, 1.54) is 16.5 Å². The Morgan fingerprint density at radius 3 is 2.27 bits per heavy atom. The van der Waals surface area contributed by atoms with Gasteiger partial charge in [-0.3, -0.25) is 39.1 Å². The van der Waals surface area contributed by atoms with Crippen molar-refractivity contribution < 1.29 is 28.3 Å². The van der Waals surface area contributed by atoms with Gasteiger partial charge in [0.25, 0.3) is 17.4 Å². The number of nitrogens with zero attached hydrogens (tertiary/aromatic N) is 4. The first-order chi connectivity index (χ1) is 29.9. The molecule has 13 nitrogen and oxygen atoms in total. The van der Waals surface area contributed by atoms with Gasteiger partial charge in [0, 0.05) is 118 Å². The fraction of sp³-hybridized carbons (Fsp3) is 0.438. The van der Waals surface area contributed by atoms with Crippen LogP contribution in [0.25, 0.3) is 11.1 Å². The number of carbonyl (C=O) groups is 4. The number of H-pyrrole nitrogens is 1. The number of amides is 4. The summed E-state index contributed by atoms with van der Waals surface area (Å²) in [5, 5.41) is 5.35. The van der Waals surface area contributed by atoms with Crippen molar-refractivity contribution in [3.05, 3.63) is 121 Å². The predicted molar refractivity (Wildman–Crippen MR) is 234 cm³/mol. The normalized spacial score (nSPS) is 18.8. The Balaban J connectivity index is 0.927. The van der Waals surface area contributed by atoms with Gasteiger partial charge in [0.2, 0.25) is 11.8 Å². The highest BCUT2D eigenvalue weighted by Crippen LogP contribution is 2.35. The lowest BCUT2D eigenvalue weighted by Crippen LogP contribution is -2.52. The Hall–Kier alpha value is -5.70. The van der Waals surface area contributed by atoms with Gasteiger partial charge in [0.15, 0.2) is 0 Å². The van der Waals surface area contributed by atoms with E-state index in [0.29, 0.717) is 48.1 Å². The largest absolute Gasteiger partial charge is 0.381 e. The lowest BCUT2D eigenvalue weighted by molar-refractivity contribution is -0.136. The summed E-state index contributed by atoms with van der Waals surface area (Å²) < 4.78 is 21.1. The van der Waals surface area contributed by atoms with Crippen LogP contribution in [-0.2, 0) is 40.5 Å². The number of benzene rings is 3. The second-order valence-electron chi connectivity index (χ2n) is 17.2. The van der Waals surface area contributed by atoms with Crippen LogP contribution in [0, 0.1) is 26.6 Å². The molecule has 4 aliphatic heterocycles. The summed E-state index contributed by atoms with van der Waals surface area (Å²) in [6, 6.07) is 17.2. The third-order valence-corrected chi connectivity index (χ3v) is 13.1. The number of hydrogen-bond acceptors (Lipinski definition) is 9. The maximum atomic E-state index is 15.4. The number of pyridine rings is 1. The van der Waals surface area contributed by atoms with Gasteiger partial charge < -0.3 is 24.8 Å². The number of fused-ring (bicyclic) bond motifs is 1. The number of carbonyl (C=O) groups excluding carboxylic acids is 4. The summed E-state index contributed by atoms with van der Waals surface area (Å²) in [7, 11) is 0. The fourth-order valence-electron chi connectivity index (χ4n) is 9.56. The topological polar surface area (TPSA) is 147 Å². The van der Waals surface area contributed by atoms with Gasteiger partial charge in [-0.05, 0) is 111 Å². The van der Waals surface area contributed by atoms with Crippen LogP contribution in [0.5, 0.6) is 0 Å². The smallest absolute Gasteiger partial charge is 0.255 e. The molecule has 14 heteroatoms. The zero-order chi connectivity index (χ0) is 43.7. The average Bonchev–Trinajstić information content (AvgIpc) is 3.56. The number of nitrogens with one attached hydrogen (secondary N) is 3. The van der Waals surface area contributed by atoms with E-state index in [9.17, 15) is 24.0 Å². The summed E-state index contributed by atoms with van der Waals surface area (Å²) in [6.07, 6.45) is 2.26. The lowest BCUT2D eigenvalue weighted by Gasteiger charge is -2.37. The van der Waals surface area contributed by atoms with E-state index < -0.39 is 17.8 Å². The van der Waals surface area contributed by atoms with Crippen molar-refractivity contribution in [2.24, 2.45) is 0 Å². The van der Waals surface area contributed by atoms with Gasteiger partial charge in [-0.2, -0.15) is 0 Å². The Labute approximate surface area is 361 Å². The summed E-state index contributed by atoms with van der Waals surface area (Å²) in [5.74, 6) is -1.87. The van der Waals surface area contributed by atoms with Crippen LogP contribution < -0.4 is 21.1 Å². The molecule has 4 aromatic rings. The number of halogens is 1. The molecule has 0 saturated carbocycles. The van der Waals surface area contributed by atoms with E-state index in [1.54, 1.807) is 6.07 Å². The van der Waals surface area contributed by atoms with E-state index in [1.807, 2.05) is 32.9 Å². The first-order valence-electron chi connectivity index (χ1n) is 21.8. The number of piperazine rings is 1. The molecule has 0 radical (unpaired) electrons. The van der Waals surface area contributed by atoms with Crippen LogP contribution in [0.2, 0.25) is 0 Å². The highest BCUT2D eigenvalue weighted by molar-refractivity contribution is 6.05. The van der Waals surface area contributed by atoms with Crippen LogP contribution in [0.15, 0.2) is 59.4 Å². The Kier molecular flexibility index (Phi) is 12.7. The molecule has 1 atom stereocenters. The van der Waals surface area contributed by atoms with E-state index in [-0.39, 0.29) is 54.8 Å². The van der Waals surface area contributed by atoms with Gasteiger partial charge >= 0.3 is 0 Å². The predicted octanol–water partition coefficient (Wildman–Crippen LogP) is 5.12. The molecule has 0 bridgehead atoms. The number of rotatable bonds is 12. The molecular weight excluding hydrogens is 790 g/mol. The van der Waals surface area contributed by atoms with Crippen molar-refractivity contribution >= 4 is 29.3 Å². The number of anilines is 1. The monoisotopic (exact) mass is 845 g/mol. The number of aromatic nitrogens is 1. The second-order valence-corrected chi connectivity index (χ2v) is 17.2. The molecule has 1 aromatic heterocycles. The fourth-order valence-corrected chi connectivity index (χ4v) is 9.56. The highest BCUT2D eigenvalue weighted by Gasteiger charge is 2.39. The molecular formula is C48H56FN7O6. The van der Waals surface area contributed by atoms with Gasteiger partial charge in [-0.1, -0.05) is 24.3 Å². The van der Waals surface area contributed by atoms with Crippen molar-refractivity contribution in [2.75, 3.05) is 50.8 Å². The number of aromatic amines is 1. The molecule has 4 amide bonds. The average molecular weight is 846 g/mol. The SMILES string of the molecule is CCN(c1cc(-c2ccc(CN3CCN(Cc4cc5c(cc4F)C(=O)N(C4CCC(=O)NC4=O)C5)CC3)cc2)cc(C(=O)NCc2c(C)cc(C)[nH]c2=O)c1C)C1CCOCC1. The minimum atomic E-state index is -0.738. The number of aryl methyl sites for hydroxylation is 2. The molecule has 0 aliphatic carbocycles. The molecule has 3 aromatic carbocycles. The standard InChI is InChI=1S/C48H56FN7O6/c1-5-55(37-12-18-62-19-13-37)43-23-34(22-38(31(43)4)45(58)50-25-40-29(2)20-30(3)51-46(40)59)33-8-6-32(7-9-33)26-53-14-16-54(17-15-53)27-36-21-35-28-56(48(61)39(35)24-41(36)49)42-10-11-44(57)52-47(42)60/h6-9,20-24,37,42H,5,10-19,25-28H2,1-4H3,(H,50,58)(H,51,59)(H,52,57,60). The number of ether oxygens (including phenoxy) is 1. The maximum Gasteiger partial charge on any atom is 0.255 e. The molecule has 0 spiro atoms. The summed E-state index contributed by atoms with van der Waals surface area (Å²) in [5.41, 5.74) is 9.08. The Bertz CT molecular complexity index is 2440. The first-order valence-corrected chi connectivity index (χ1v) is 21.8. The first kappa shape index (κ1) is 43.0. The minimum absolute atomic E-state index is 0.125. The number of hydrogen-bond donors (Lipinski definition) is 3. The van der Waals surface area contributed by atoms with Crippen LogP contribution in [0.3, 0.4) is 0 Å². The quantitative estimate of drug-likeness (QED) is 0.166. The molecule has 4 aliphatic rings. The van der Waals surface area contributed by atoms with Crippen molar-refractivity contribution in [3.63, 3.8) is 0 Å². The zero-order valence-corrected chi connectivity index (χ0v) is 36.1. The zero-order valence-electron chi connectivity index (χ0n) is 36.1. The van der Waals surface area contributed by atoms with E-state index in [0.717, 1.165) is 85.7 Å². The van der Waals surface area contributed by atoms with E-state index in [2.05, 4.69) is 67.6 Å². The van der Waals surface area contributed by atoms with Crippen molar-refractivity contribution in [2.45, 2.75) is 91.6 Å². The van der Waals surface area contributed by atoms with E-state index in [4.69, 9.17) is 4.74 Å². The third kappa shape index (κ3) is 9.09. The van der Waals surface area contributed by atoms with Gasteiger partial charge in [-0.25, -0.2) is 4.39 Å². The summed E-state index contributed by atoms with van der Waals surface area (Å²) in [6.45, 7) is 14.7. The lowest BCUT2D eigenvalue weighted by atomic mass is 9.94. The van der Waals surface area contributed by atoms with Crippen molar-refractivity contribution in [3.8, 4) is 11.1 Å². The van der Waals surface area contributed by atoms with Gasteiger partial charge in [-0.15, -0.1) is 0 Å². The second kappa shape index (κ2) is 18.3. The molecule has 326 valence electrons. The number of imide groups is 1. The molecule has 5 heterocycles. The van der Waals surface area contributed by atoms with Crippen LogP contribution in [0.4, 0.5) is 10.1 Å². The highest BCUT2D eigenvalue weighted by atomic mass is 19.1. The molecule has 8 rings (SSSR count). The van der Waals surface area contributed by atoms with Crippen LogP contribution in [-0.4, -0.2) is 101 Å². The van der Waals surface area contributed by atoms with Gasteiger partial charge in [0.05, 0.1) is 0 Å². The van der Waals surface area contributed by atoms with E-state index >= 15 is 4.39 Å². The molecule has 62 heavy (non-hydrogen) atoms. The molecule has 3 N–H and O–H groups in total. The third-order valence-electron chi connectivity index (χ3n) is 13.1. The van der Waals surface area contributed by atoms with Crippen LogP contribution >= 0.6 is 0 Å². The number of piperidine rings is 1. The maximum absolute atomic E-state index is 15.4. The molecule has 3 fully saturated rings. The summed E-state index contributed by atoms with van der Waals surface area (Å²) >= 11 is 0. The van der Waals surface area contributed by atoms with Crippen molar-refractivity contribution in [1.29, 1.82) is 0 Å². The van der Waals surface area contributed by atoms with Gasteiger partial charge in [0.1, 0.15) is 11.9 Å². The molecule has 1 unspecified atom stereocenters. The molecule has 3 saturated heterocycles. The Morgan fingerprint density at radius 1 is 0.887 bits per heavy atom. The van der Waals surface area contributed by atoms with Crippen LogP contribution in [0.1, 0.15) is 92.4 Å². The van der Waals surface area contributed by atoms with Crippen molar-refractivity contribution in [1.82, 2.24) is 30.3 Å². The summed E-state index contributed by atoms with van der Waals surface area (Å²) in [4.78, 5) is 75.3. The minimum Gasteiger partial charge on any atom is -0.381 e.